The van der Waals surface area contributed by atoms with Crippen molar-refractivity contribution in [2.24, 2.45) is 0 Å². The number of likely N-dealkylation sites (tertiary alicyclic amines) is 1. The van der Waals surface area contributed by atoms with Gasteiger partial charge in [0.1, 0.15) is 5.82 Å². The van der Waals surface area contributed by atoms with Gasteiger partial charge in [0, 0.05) is 25.0 Å². The summed E-state index contributed by atoms with van der Waals surface area (Å²) in [6.45, 7) is 5.78. The van der Waals surface area contributed by atoms with Crippen LogP contribution in [0.2, 0.25) is 0 Å². The smallest absolute Gasteiger partial charge is 0.276 e. The van der Waals surface area contributed by atoms with Gasteiger partial charge in [-0.2, -0.15) is 15.4 Å². The number of imidazole rings is 1. The Bertz CT molecular complexity index is 882. The Kier molecular flexibility index (Phi) is 3.99. The maximum Gasteiger partial charge on any atom is 0.276 e. The summed E-state index contributed by atoms with van der Waals surface area (Å²) < 4.78 is 2.31. The minimum absolute atomic E-state index is 0.0642. The van der Waals surface area contributed by atoms with Crippen LogP contribution in [-0.2, 0) is 0 Å². The summed E-state index contributed by atoms with van der Waals surface area (Å²) in [7, 11) is 0. The van der Waals surface area contributed by atoms with Gasteiger partial charge in [-0.05, 0) is 38.8 Å². The van der Waals surface area contributed by atoms with Crippen LogP contribution in [0.25, 0.3) is 11.0 Å². The van der Waals surface area contributed by atoms with Crippen molar-refractivity contribution in [3.8, 4) is 0 Å². The SMILES string of the molecule is CC(C)n1c([C@@H]2CCCN(C(=O)c3cn[nH]n3)C2)nc2ccccc21. The van der Waals surface area contributed by atoms with Crippen molar-refractivity contribution in [1.29, 1.82) is 0 Å². The molecular weight excluding hydrogens is 316 g/mol. The molecule has 4 rings (SSSR count). The second-order valence-corrected chi connectivity index (χ2v) is 6.87. The van der Waals surface area contributed by atoms with Gasteiger partial charge in [0.05, 0.1) is 17.2 Å². The topological polar surface area (TPSA) is 79.7 Å². The molecule has 130 valence electrons. The van der Waals surface area contributed by atoms with Gasteiger partial charge in [0.25, 0.3) is 5.91 Å². The summed E-state index contributed by atoms with van der Waals surface area (Å²) in [6, 6.07) is 8.56. The Hall–Kier alpha value is -2.70. The van der Waals surface area contributed by atoms with Crippen LogP contribution in [0.4, 0.5) is 0 Å². The lowest BCUT2D eigenvalue weighted by Crippen LogP contribution is -2.40. The number of nitrogens with one attached hydrogen (secondary N) is 1. The maximum atomic E-state index is 12.6. The van der Waals surface area contributed by atoms with E-state index < -0.39 is 0 Å². The molecule has 1 amide bonds. The number of benzene rings is 1. The first-order valence-electron chi connectivity index (χ1n) is 8.77. The molecule has 0 aliphatic carbocycles. The van der Waals surface area contributed by atoms with E-state index in [1.165, 1.54) is 6.20 Å². The van der Waals surface area contributed by atoms with E-state index in [9.17, 15) is 4.79 Å². The zero-order valence-corrected chi connectivity index (χ0v) is 14.5. The average molecular weight is 338 g/mol. The lowest BCUT2D eigenvalue weighted by Gasteiger charge is -2.32. The van der Waals surface area contributed by atoms with Crippen LogP contribution in [-0.4, -0.2) is 48.9 Å². The van der Waals surface area contributed by atoms with Crippen molar-refractivity contribution in [2.45, 2.75) is 38.6 Å². The van der Waals surface area contributed by atoms with Gasteiger partial charge in [0.15, 0.2) is 5.69 Å². The molecule has 3 heterocycles. The van der Waals surface area contributed by atoms with E-state index in [2.05, 4.69) is 46.0 Å². The number of amides is 1. The van der Waals surface area contributed by atoms with Gasteiger partial charge in [0.2, 0.25) is 0 Å². The molecule has 7 heteroatoms. The Morgan fingerprint density at radius 3 is 2.92 bits per heavy atom. The quantitative estimate of drug-likeness (QED) is 0.796. The first kappa shape index (κ1) is 15.8. The van der Waals surface area contributed by atoms with E-state index in [0.29, 0.717) is 18.3 Å². The van der Waals surface area contributed by atoms with Crippen LogP contribution in [0.15, 0.2) is 30.5 Å². The monoisotopic (exact) mass is 338 g/mol. The van der Waals surface area contributed by atoms with Crippen molar-refractivity contribution >= 4 is 16.9 Å². The molecule has 7 nitrogen and oxygen atoms in total. The van der Waals surface area contributed by atoms with Crippen molar-refractivity contribution < 1.29 is 4.79 Å². The van der Waals surface area contributed by atoms with E-state index in [1.807, 2.05) is 17.0 Å². The number of hydrogen-bond acceptors (Lipinski definition) is 4. The number of rotatable bonds is 3. The molecule has 1 aliphatic heterocycles. The largest absolute Gasteiger partial charge is 0.336 e. The number of nitrogens with zero attached hydrogens (tertiary/aromatic N) is 5. The summed E-state index contributed by atoms with van der Waals surface area (Å²) >= 11 is 0. The Morgan fingerprint density at radius 2 is 2.16 bits per heavy atom. The summed E-state index contributed by atoms with van der Waals surface area (Å²) in [5.41, 5.74) is 2.55. The first-order chi connectivity index (χ1) is 12.1. The summed E-state index contributed by atoms with van der Waals surface area (Å²) in [6.07, 6.45) is 3.49. The molecule has 1 aliphatic rings. The van der Waals surface area contributed by atoms with Crippen LogP contribution in [0, 0.1) is 0 Å². The summed E-state index contributed by atoms with van der Waals surface area (Å²) in [5.74, 6) is 1.25. The molecule has 25 heavy (non-hydrogen) atoms. The molecule has 3 aromatic rings. The standard InChI is InChI=1S/C18H22N6O/c1-12(2)24-16-8-4-3-7-14(16)20-17(24)13-6-5-9-23(11-13)18(25)15-10-19-22-21-15/h3-4,7-8,10,12-13H,5-6,9,11H2,1-2H3,(H,19,21,22)/t13-/m1/s1. The first-order valence-corrected chi connectivity index (χ1v) is 8.77. The van der Waals surface area contributed by atoms with Crippen LogP contribution < -0.4 is 0 Å². The maximum absolute atomic E-state index is 12.6. The van der Waals surface area contributed by atoms with Gasteiger partial charge in [-0.25, -0.2) is 4.98 Å². The van der Waals surface area contributed by atoms with Gasteiger partial charge >= 0.3 is 0 Å². The van der Waals surface area contributed by atoms with Crippen LogP contribution in [0.3, 0.4) is 0 Å². The number of carbonyl (C=O) groups is 1. The van der Waals surface area contributed by atoms with Crippen molar-refractivity contribution in [2.75, 3.05) is 13.1 Å². The van der Waals surface area contributed by atoms with Gasteiger partial charge < -0.3 is 9.47 Å². The van der Waals surface area contributed by atoms with E-state index in [-0.39, 0.29) is 11.8 Å². The highest BCUT2D eigenvalue weighted by atomic mass is 16.2. The second-order valence-electron chi connectivity index (χ2n) is 6.87. The number of H-pyrrole nitrogens is 1. The predicted octanol–water partition coefficient (Wildman–Crippen LogP) is 2.76. The summed E-state index contributed by atoms with van der Waals surface area (Å²) in [4.78, 5) is 19.4. The van der Waals surface area contributed by atoms with Gasteiger partial charge in [-0.15, -0.1) is 0 Å². The van der Waals surface area contributed by atoms with Gasteiger partial charge in [-0.3, -0.25) is 4.79 Å². The molecule has 0 radical (unpaired) electrons. The molecule has 0 spiro atoms. The average Bonchev–Trinajstić information content (AvgIpc) is 3.28. The zero-order valence-electron chi connectivity index (χ0n) is 14.5. The van der Waals surface area contributed by atoms with E-state index in [1.54, 1.807) is 0 Å². The number of piperidine rings is 1. The van der Waals surface area contributed by atoms with E-state index in [0.717, 1.165) is 36.2 Å². The van der Waals surface area contributed by atoms with Crippen LogP contribution in [0.1, 0.15) is 55.0 Å². The molecular formula is C18H22N6O. The van der Waals surface area contributed by atoms with Crippen molar-refractivity contribution in [3.05, 3.63) is 42.0 Å². The number of hydrogen-bond donors (Lipinski definition) is 1. The van der Waals surface area contributed by atoms with E-state index >= 15 is 0 Å². The van der Waals surface area contributed by atoms with Crippen LogP contribution >= 0.6 is 0 Å². The number of carbonyl (C=O) groups excluding carboxylic acids is 1. The fraction of sp³-hybridized carbons (Fsp3) is 0.444. The normalized spacial score (nSPS) is 18.2. The molecule has 1 saturated heterocycles. The molecule has 1 N–H and O–H groups in total. The molecule has 2 aromatic heterocycles. The molecule has 1 fully saturated rings. The molecule has 1 atom stereocenters. The number of para-hydroxylation sites is 2. The highest BCUT2D eigenvalue weighted by molar-refractivity contribution is 5.92. The Labute approximate surface area is 146 Å². The number of aromatic nitrogens is 5. The third-order valence-corrected chi connectivity index (χ3v) is 4.85. The van der Waals surface area contributed by atoms with Crippen LogP contribution in [0.5, 0.6) is 0 Å². The molecule has 0 bridgehead atoms. The molecule has 0 unspecified atom stereocenters. The number of aromatic amines is 1. The minimum atomic E-state index is -0.0642. The number of fused-ring (bicyclic) bond motifs is 1. The minimum Gasteiger partial charge on any atom is -0.336 e. The Morgan fingerprint density at radius 1 is 1.32 bits per heavy atom. The highest BCUT2D eigenvalue weighted by Gasteiger charge is 2.30. The van der Waals surface area contributed by atoms with Crippen molar-refractivity contribution in [1.82, 2.24) is 29.9 Å². The summed E-state index contributed by atoms with van der Waals surface area (Å²) in [5, 5.41) is 10.2. The predicted molar refractivity (Wildman–Crippen MR) is 94.4 cm³/mol. The second kappa shape index (κ2) is 6.31. The molecule has 1 aromatic carbocycles. The Balaban J connectivity index is 1.66. The third-order valence-electron chi connectivity index (χ3n) is 4.85. The third kappa shape index (κ3) is 2.79. The lowest BCUT2D eigenvalue weighted by molar-refractivity contribution is 0.0697. The van der Waals surface area contributed by atoms with E-state index in [4.69, 9.17) is 4.98 Å². The van der Waals surface area contributed by atoms with Crippen molar-refractivity contribution in [3.63, 3.8) is 0 Å². The fourth-order valence-corrected chi connectivity index (χ4v) is 3.73. The lowest BCUT2D eigenvalue weighted by atomic mass is 9.96. The van der Waals surface area contributed by atoms with Gasteiger partial charge in [-0.1, -0.05) is 12.1 Å². The zero-order chi connectivity index (χ0) is 17.4. The fourth-order valence-electron chi connectivity index (χ4n) is 3.73. The molecule has 0 saturated carbocycles. The highest BCUT2D eigenvalue weighted by Crippen LogP contribution is 2.31.